The smallest absolute Gasteiger partial charge is 0.309 e. The predicted octanol–water partition coefficient (Wildman–Crippen LogP) is 3.56. The van der Waals surface area contributed by atoms with Crippen molar-refractivity contribution in [2.75, 3.05) is 38.2 Å². The lowest BCUT2D eigenvalue weighted by molar-refractivity contribution is 0.256. The largest absolute Gasteiger partial charge is 0.326 e. The van der Waals surface area contributed by atoms with E-state index in [2.05, 4.69) is 39.5 Å². The number of carbonyl (C=O) groups excluding carboxylic acids is 1. The highest BCUT2D eigenvalue weighted by Gasteiger charge is 2.24. The number of benzene rings is 1. The third-order valence-corrected chi connectivity index (χ3v) is 6.38. The molecule has 2 aromatic rings. The Bertz CT molecular complexity index is 912. The van der Waals surface area contributed by atoms with Crippen molar-refractivity contribution in [3.63, 3.8) is 0 Å². The van der Waals surface area contributed by atoms with Crippen molar-refractivity contribution in [1.82, 2.24) is 9.58 Å². The summed E-state index contributed by atoms with van der Waals surface area (Å²) in [5, 5.41) is 2.11. The second-order valence-electron chi connectivity index (χ2n) is 6.66. The van der Waals surface area contributed by atoms with Gasteiger partial charge in [0.05, 0.1) is 10.2 Å². The number of thiazole rings is 1. The van der Waals surface area contributed by atoms with E-state index in [0.29, 0.717) is 11.5 Å². The van der Waals surface area contributed by atoms with E-state index in [-0.39, 0.29) is 17.3 Å². The quantitative estimate of drug-likeness (QED) is 0.476. The van der Waals surface area contributed by atoms with E-state index in [9.17, 15) is 9.59 Å². The zero-order valence-corrected chi connectivity index (χ0v) is 18.4. The summed E-state index contributed by atoms with van der Waals surface area (Å²) < 4.78 is 3.42. The lowest BCUT2D eigenvalue weighted by Gasteiger charge is -2.35. The van der Waals surface area contributed by atoms with E-state index in [1.165, 1.54) is 17.4 Å². The SMILES string of the molecule is C=CCN(C)CC1CCN(n2c(=O)sc3ccc(Br)c(C=C=O)c32)CC1.Cl. The summed E-state index contributed by atoms with van der Waals surface area (Å²) in [4.78, 5) is 25.9. The van der Waals surface area contributed by atoms with Crippen LogP contribution in [0.4, 0.5) is 0 Å². The van der Waals surface area contributed by atoms with Gasteiger partial charge in [-0.2, -0.15) is 0 Å². The van der Waals surface area contributed by atoms with Gasteiger partial charge in [0, 0.05) is 42.3 Å². The molecule has 146 valence electrons. The molecule has 1 aromatic heterocycles. The number of aromatic nitrogens is 1. The average molecular weight is 473 g/mol. The van der Waals surface area contributed by atoms with Crippen LogP contribution in [0, 0.1) is 5.92 Å². The van der Waals surface area contributed by atoms with E-state index >= 15 is 0 Å². The Kier molecular flexibility index (Phi) is 7.89. The van der Waals surface area contributed by atoms with Gasteiger partial charge in [-0.05, 0) is 37.9 Å². The van der Waals surface area contributed by atoms with Crippen LogP contribution in [0.5, 0.6) is 0 Å². The van der Waals surface area contributed by atoms with Gasteiger partial charge in [0.1, 0.15) is 5.94 Å². The van der Waals surface area contributed by atoms with Crippen molar-refractivity contribution in [1.29, 1.82) is 0 Å². The Hall–Kier alpha value is -1.37. The molecule has 0 atom stereocenters. The Morgan fingerprint density at radius 3 is 2.74 bits per heavy atom. The molecule has 1 aliphatic heterocycles. The van der Waals surface area contributed by atoms with Crippen LogP contribution >= 0.6 is 39.7 Å². The first-order chi connectivity index (χ1) is 12.5. The van der Waals surface area contributed by atoms with Crippen LogP contribution in [0.15, 0.2) is 34.1 Å². The summed E-state index contributed by atoms with van der Waals surface area (Å²) in [5.41, 5.74) is 1.50. The lowest BCUT2D eigenvalue weighted by Crippen LogP contribution is -2.47. The molecule has 8 heteroatoms. The maximum atomic E-state index is 12.6. The molecule has 2 heterocycles. The molecule has 0 amide bonds. The number of piperidine rings is 1. The van der Waals surface area contributed by atoms with E-state index in [1.54, 1.807) is 4.68 Å². The van der Waals surface area contributed by atoms with Crippen LogP contribution in [0.3, 0.4) is 0 Å². The minimum atomic E-state index is -0.0131. The molecular formula is C19H23BrClN3O2S. The van der Waals surface area contributed by atoms with E-state index in [1.807, 2.05) is 24.2 Å². The molecule has 0 spiro atoms. The van der Waals surface area contributed by atoms with E-state index < -0.39 is 0 Å². The van der Waals surface area contributed by atoms with Gasteiger partial charge in [0.2, 0.25) is 0 Å². The zero-order chi connectivity index (χ0) is 18.7. The molecule has 27 heavy (non-hydrogen) atoms. The van der Waals surface area contributed by atoms with Crippen molar-refractivity contribution >= 4 is 61.9 Å². The zero-order valence-electron chi connectivity index (χ0n) is 15.2. The molecule has 1 aliphatic rings. The Morgan fingerprint density at radius 1 is 1.41 bits per heavy atom. The van der Waals surface area contributed by atoms with Gasteiger partial charge < -0.3 is 9.91 Å². The monoisotopic (exact) mass is 471 g/mol. The highest BCUT2D eigenvalue weighted by Crippen LogP contribution is 2.30. The number of hydrogen-bond donors (Lipinski definition) is 0. The summed E-state index contributed by atoms with van der Waals surface area (Å²) in [6.45, 7) is 7.38. The Morgan fingerprint density at radius 2 is 2.11 bits per heavy atom. The van der Waals surface area contributed by atoms with E-state index in [0.717, 1.165) is 53.7 Å². The third-order valence-electron chi connectivity index (χ3n) is 4.80. The summed E-state index contributed by atoms with van der Waals surface area (Å²) in [5.74, 6) is 2.47. The summed E-state index contributed by atoms with van der Waals surface area (Å²) in [7, 11) is 2.11. The van der Waals surface area contributed by atoms with E-state index in [4.69, 9.17) is 0 Å². The highest BCUT2D eigenvalue weighted by atomic mass is 79.9. The fourth-order valence-corrected chi connectivity index (χ4v) is 4.93. The molecule has 3 rings (SSSR count). The molecule has 5 nitrogen and oxygen atoms in total. The number of nitrogens with zero attached hydrogens (tertiary/aromatic N) is 3. The number of likely N-dealkylation sites (N-methyl/N-ethyl adjacent to an activating group) is 1. The number of hydrogen-bond acceptors (Lipinski definition) is 5. The summed E-state index contributed by atoms with van der Waals surface area (Å²) >= 11 is 4.70. The third kappa shape index (κ3) is 4.73. The van der Waals surface area contributed by atoms with Crippen LogP contribution in [-0.4, -0.2) is 48.7 Å². The van der Waals surface area contributed by atoms with Gasteiger partial charge in [0.15, 0.2) is 0 Å². The maximum Gasteiger partial charge on any atom is 0.326 e. The second-order valence-corrected chi connectivity index (χ2v) is 8.50. The predicted molar refractivity (Wildman–Crippen MR) is 120 cm³/mol. The number of fused-ring (bicyclic) bond motifs is 1. The number of halogens is 2. The number of rotatable bonds is 6. The van der Waals surface area contributed by atoms with Crippen LogP contribution < -0.4 is 9.88 Å². The van der Waals surface area contributed by atoms with Gasteiger partial charge >= 0.3 is 4.87 Å². The van der Waals surface area contributed by atoms with Crippen LogP contribution in [0.2, 0.25) is 0 Å². The minimum absolute atomic E-state index is 0. The fourth-order valence-electron chi connectivity index (χ4n) is 3.58. The molecule has 0 saturated carbocycles. The molecule has 1 saturated heterocycles. The molecule has 0 bridgehead atoms. The highest BCUT2D eigenvalue weighted by molar-refractivity contribution is 9.10. The van der Waals surface area contributed by atoms with Crippen LogP contribution in [0.1, 0.15) is 18.4 Å². The molecule has 0 N–H and O–H groups in total. The first-order valence-corrected chi connectivity index (χ1v) is 10.3. The molecule has 0 unspecified atom stereocenters. The molecule has 1 fully saturated rings. The summed E-state index contributed by atoms with van der Waals surface area (Å²) in [6.07, 6.45) is 5.40. The fraction of sp³-hybridized carbons (Fsp3) is 0.421. The molecular weight excluding hydrogens is 450 g/mol. The summed E-state index contributed by atoms with van der Waals surface area (Å²) in [6, 6.07) is 3.79. The van der Waals surface area contributed by atoms with Crippen LogP contribution in [-0.2, 0) is 4.79 Å². The van der Waals surface area contributed by atoms with Gasteiger partial charge in [-0.25, -0.2) is 9.47 Å². The van der Waals surface area contributed by atoms with Crippen molar-refractivity contribution < 1.29 is 4.79 Å². The molecule has 1 aromatic carbocycles. The molecule has 0 aliphatic carbocycles. The van der Waals surface area contributed by atoms with Gasteiger partial charge in [-0.3, -0.25) is 4.79 Å². The topological polar surface area (TPSA) is 45.5 Å². The Balaban J connectivity index is 0.00000261. The maximum absolute atomic E-state index is 12.6. The lowest BCUT2D eigenvalue weighted by atomic mass is 9.97. The van der Waals surface area contributed by atoms with Crippen molar-refractivity contribution in [3.05, 3.63) is 44.5 Å². The first kappa shape index (κ1) is 21.9. The minimum Gasteiger partial charge on any atom is -0.309 e. The van der Waals surface area contributed by atoms with Crippen molar-refractivity contribution in [2.24, 2.45) is 5.92 Å². The van der Waals surface area contributed by atoms with Gasteiger partial charge in [0.25, 0.3) is 0 Å². The second kappa shape index (κ2) is 9.71. The van der Waals surface area contributed by atoms with Crippen LogP contribution in [0.25, 0.3) is 16.3 Å². The van der Waals surface area contributed by atoms with Gasteiger partial charge in [-0.15, -0.1) is 19.0 Å². The molecule has 0 radical (unpaired) electrons. The van der Waals surface area contributed by atoms with Crippen molar-refractivity contribution in [3.8, 4) is 0 Å². The Labute approximate surface area is 177 Å². The van der Waals surface area contributed by atoms with Gasteiger partial charge in [-0.1, -0.05) is 33.3 Å². The van der Waals surface area contributed by atoms with Crippen molar-refractivity contribution in [2.45, 2.75) is 12.8 Å². The first-order valence-electron chi connectivity index (χ1n) is 8.64. The standard InChI is InChI=1S/C19H22BrN3O2S.ClH/c1-3-9-21(2)13-14-6-10-22(11-7-14)23-18-15(8-12-24)16(20)4-5-17(18)26-19(23)25;/h3-5,8,14H,1,6-7,9-11,13H2,2H3;1H. The normalized spacial score (nSPS) is 14.9. The average Bonchev–Trinajstić information content (AvgIpc) is 2.95.